The minimum absolute atomic E-state index is 0.0243. The third kappa shape index (κ3) is 6.07. The molecule has 1 fully saturated rings. The first kappa shape index (κ1) is 23.3. The quantitative estimate of drug-likeness (QED) is 0.694. The van der Waals surface area contributed by atoms with Crippen LogP contribution in [0.15, 0.2) is 42.5 Å². The Bertz CT molecular complexity index is 966. The van der Waals surface area contributed by atoms with Gasteiger partial charge in [0, 0.05) is 44.4 Å². The summed E-state index contributed by atoms with van der Waals surface area (Å²) < 4.78 is 5.31. The fourth-order valence-corrected chi connectivity index (χ4v) is 3.65. The van der Waals surface area contributed by atoms with E-state index in [1.165, 1.54) is 19.6 Å². The van der Waals surface area contributed by atoms with E-state index < -0.39 is 0 Å². The molecule has 1 aliphatic rings. The molecule has 170 valence electrons. The minimum Gasteiger partial charge on any atom is -0.495 e. The zero-order valence-corrected chi connectivity index (χ0v) is 18.8. The topological polar surface area (TPSA) is 91.0 Å². The van der Waals surface area contributed by atoms with Gasteiger partial charge in [-0.2, -0.15) is 0 Å². The van der Waals surface area contributed by atoms with Crippen LogP contribution in [0.3, 0.4) is 0 Å². The maximum atomic E-state index is 12.7. The zero-order valence-electron chi connectivity index (χ0n) is 18.8. The van der Waals surface area contributed by atoms with Crippen molar-refractivity contribution in [2.24, 2.45) is 0 Å². The molecule has 0 aliphatic carbocycles. The number of rotatable bonds is 7. The fraction of sp³-hybridized carbons (Fsp3) is 0.375. The number of nitrogens with zero attached hydrogens (tertiary/aromatic N) is 2. The van der Waals surface area contributed by atoms with E-state index in [9.17, 15) is 14.4 Å². The molecule has 8 heteroatoms. The summed E-state index contributed by atoms with van der Waals surface area (Å²) in [7, 11) is 1.52. The summed E-state index contributed by atoms with van der Waals surface area (Å²) in [5.74, 6) is 0.160. The molecule has 0 aromatic heterocycles. The zero-order chi connectivity index (χ0) is 23.1. The average molecular weight is 439 g/mol. The second-order valence-corrected chi connectivity index (χ2v) is 7.76. The van der Waals surface area contributed by atoms with Crippen LogP contribution in [0.25, 0.3) is 0 Å². The van der Waals surface area contributed by atoms with E-state index in [1.807, 2.05) is 34.1 Å². The Kier molecular flexibility index (Phi) is 7.83. The number of ether oxygens (including phenoxy) is 1. The van der Waals surface area contributed by atoms with Gasteiger partial charge in [0.15, 0.2) is 0 Å². The van der Waals surface area contributed by atoms with E-state index in [0.717, 1.165) is 6.42 Å². The lowest BCUT2D eigenvalue weighted by atomic mass is 10.1. The summed E-state index contributed by atoms with van der Waals surface area (Å²) >= 11 is 0. The van der Waals surface area contributed by atoms with Crippen molar-refractivity contribution in [1.29, 1.82) is 0 Å². The van der Waals surface area contributed by atoms with E-state index in [0.29, 0.717) is 48.9 Å². The molecule has 3 rings (SSSR count). The molecule has 0 spiro atoms. The number of methoxy groups -OCH3 is 1. The molecule has 2 N–H and O–H groups in total. The van der Waals surface area contributed by atoms with Gasteiger partial charge in [-0.15, -0.1) is 0 Å². The Balaban J connectivity index is 1.53. The van der Waals surface area contributed by atoms with Crippen LogP contribution in [-0.4, -0.2) is 67.4 Å². The summed E-state index contributed by atoms with van der Waals surface area (Å²) in [4.78, 5) is 40.5. The SMILES string of the molecule is CCc1ccc(C(=O)N2CCN(CC(=O)Nc3cc(NC(C)=O)ccc3OC)CC2)cc1. The molecule has 0 bridgehead atoms. The normalized spacial score (nSPS) is 14.0. The summed E-state index contributed by atoms with van der Waals surface area (Å²) in [5.41, 5.74) is 2.97. The first-order chi connectivity index (χ1) is 15.4. The standard InChI is InChI=1S/C24H30N4O4/c1-4-18-5-7-19(8-6-18)24(31)28-13-11-27(12-14-28)16-23(30)26-21-15-20(25-17(2)29)9-10-22(21)32-3/h5-10,15H,4,11-14,16H2,1-3H3,(H,25,29)(H,26,30). The Hall–Kier alpha value is -3.39. The number of anilines is 2. The molecule has 3 amide bonds. The van der Waals surface area contributed by atoms with E-state index >= 15 is 0 Å². The number of nitrogens with one attached hydrogen (secondary N) is 2. The van der Waals surface area contributed by atoms with Crippen LogP contribution in [0, 0.1) is 0 Å². The number of hydrogen-bond acceptors (Lipinski definition) is 5. The number of carbonyl (C=O) groups excluding carboxylic acids is 3. The lowest BCUT2D eigenvalue weighted by Crippen LogP contribution is -2.50. The molecule has 1 aliphatic heterocycles. The number of aryl methyl sites for hydroxylation is 1. The highest BCUT2D eigenvalue weighted by Crippen LogP contribution is 2.28. The van der Waals surface area contributed by atoms with Crippen LogP contribution in [0.5, 0.6) is 5.75 Å². The Labute approximate surface area is 188 Å². The lowest BCUT2D eigenvalue weighted by Gasteiger charge is -2.34. The van der Waals surface area contributed by atoms with Crippen LogP contribution >= 0.6 is 0 Å². The van der Waals surface area contributed by atoms with Crippen molar-refractivity contribution in [3.63, 3.8) is 0 Å². The van der Waals surface area contributed by atoms with Crippen LogP contribution < -0.4 is 15.4 Å². The van der Waals surface area contributed by atoms with Crippen molar-refractivity contribution in [3.8, 4) is 5.75 Å². The van der Waals surface area contributed by atoms with Gasteiger partial charge >= 0.3 is 0 Å². The predicted molar refractivity (Wildman–Crippen MR) is 124 cm³/mol. The van der Waals surface area contributed by atoms with Gasteiger partial charge in [-0.25, -0.2) is 0 Å². The van der Waals surface area contributed by atoms with Gasteiger partial charge in [-0.05, 0) is 42.3 Å². The summed E-state index contributed by atoms with van der Waals surface area (Å²) in [6, 6.07) is 12.8. The number of hydrogen-bond donors (Lipinski definition) is 2. The van der Waals surface area contributed by atoms with Crippen molar-refractivity contribution in [1.82, 2.24) is 9.80 Å². The van der Waals surface area contributed by atoms with Crippen molar-refractivity contribution in [3.05, 3.63) is 53.6 Å². The van der Waals surface area contributed by atoms with Crippen molar-refractivity contribution >= 4 is 29.1 Å². The molecule has 32 heavy (non-hydrogen) atoms. The fourth-order valence-electron chi connectivity index (χ4n) is 3.65. The number of carbonyl (C=O) groups is 3. The van der Waals surface area contributed by atoms with Crippen LogP contribution in [-0.2, 0) is 16.0 Å². The van der Waals surface area contributed by atoms with E-state index in [2.05, 4.69) is 17.6 Å². The van der Waals surface area contributed by atoms with Crippen molar-refractivity contribution in [2.45, 2.75) is 20.3 Å². The van der Waals surface area contributed by atoms with Gasteiger partial charge in [-0.3, -0.25) is 19.3 Å². The highest BCUT2D eigenvalue weighted by atomic mass is 16.5. The number of piperazine rings is 1. The second kappa shape index (κ2) is 10.8. The minimum atomic E-state index is -0.193. The maximum Gasteiger partial charge on any atom is 0.253 e. The van der Waals surface area contributed by atoms with Gasteiger partial charge in [0.2, 0.25) is 11.8 Å². The summed E-state index contributed by atoms with van der Waals surface area (Å²) in [6.45, 7) is 6.10. The highest BCUT2D eigenvalue weighted by molar-refractivity contribution is 5.96. The van der Waals surface area contributed by atoms with Crippen molar-refractivity contribution in [2.75, 3.05) is 50.5 Å². The van der Waals surface area contributed by atoms with Gasteiger partial charge in [-0.1, -0.05) is 19.1 Å². The Morgan fingerprint density at radius 3 is 2.25 bits per heavy atom. The number of benzene rings is 2. The largest absolute Gasteiger partial charge is 0.495 e. The molecule has 0 saturated carbocycles. The first-order valence-electron chi connectivity index (χ1n) is 10.8. The summed E-state index contributed by atoms with van der Waals surface area (Å²) in [5, 5.41) is 5.55. The highest BCUT2D eigenvalue weighted by Gasteiger charge is 2.23. The summed E-state index contributed by atoms with van der Waals surface area (Å²) in [6.07, 6.45) is 0.943. The monoisotopic (exact) mass is 438 g/mol. The Morgan fingerprint density at radius 1 is 0.969 bits per heavy atom. The molecule has 0 atom stereocenters. The van der Waals surface area contributed by atoms with Crippen LogP contribution in [0.4, 0.5) is 11.4 Å². The molecule has 0 unspecified atom stereocenters. The van der Waals surface area contributed by atoms with Gasteiger partial charge in [0.05, 0.1) is 19.3 Å². The molecule has 8 nitrogen and oxygen atoms in total. The first-order valence-corrected chi connectivity index (χ1v) is 10.8. The van der Waals surface area contributed by atoms with Crippen LogP contribution in [0.2, 0.25) is 0 Å². The predicted octanol–water partition coefficient (Wildman–Crippen LogP) is 2.61. The molecule has 2 aromatic rings. The van der Waals surface area contributed by atoms with Gasteiger partial charge in [0.1, 0.15) is 5.75 Å². The van der Waals surface area contributed by atoms with E-state index in [1.54, 1.807) is 18.2 Å². The molecule has 1 saturated heterocycles. The van der Waals surface area contributed by atoms with Gasteiger partial charge in [0.25, 0.3) is 5.91 Å². The third-order valence-electron chi connectivity index (χ3n) is 5.43. The Morgan fingerprint density at radius 2 is 1.66 bits per heavy atom. The van der Waals surface area contributed by atoms with E-state index in [4.69, 9.17) is 4.74 Å². The second-order valence-electron chi connectivity index (χ2n) is 7.76. The van der Waals surface area contributed by atoms with Gasteiger partial charge < -0.3 is 20.3 Å². The van der Waals surface area contributed by atoms with E-state index in [-0.39, 0.29) is 24.3 Å². The molecule has 1 heterocycles. The third-order valence-corrected chi connectivity index (χ3v) is 5.43. The number of amides is 3. The average Bonchev–Trinajstić information content (AvgIpc) is 2.79. The molecular weight excluding hydrogens is 408 g/mol. The molecular formula is C24H30N4O4. The lowest BCUT2D eigenvalue weighted by molar-refractivity contribution is -0.117. The maximum absolute atomic E-state index is 12.7. The van der Waals surface area contributed by atoms with Crippen molar-refractivity contribution < 1.29 is 19.1 Å². The molecule has 0 radical (unpaired) electrons. The molecule has 2 aromatic carbocycles. The smallest absolute Gasteiger partial charge is 0.253 e. The van der Waals surface area contributed by atoms with Crippen LogP contribution in [0.1, 0.15) is 29.8 Å².